The van der Waals surface area contributed by atoms with Gasteiger partial charge in [-0.3, -0.25) is 0 Å². The van der Waals surface area contributed by atoms with Crippen LogP contribution in [0.5, 0.6) is 11.5 Å². The molecule has 5 aromatic rings. The van der Waals surface area contributed by atoms with Gasteiger partial charge in [-0.25, -0.2) is 43.9 Å². The minimum atomic E-state index is -2.48. The first-order valence-corrected chi connectivity index (χ1v) is 12.1. The molecule has 0 saturated heterocycles. The molecule has 2 nitrogen and oxygen atoms in total. The van der Waals surface area contributed by atoms with Crippen molar-refractivity contribution in [3.8, 4) is 22.6 Å². The molecule has 14 heteroatoms. The highest BCUT2D eigenvalue weighted by Gasteiger charge is 2.39. The van der Waals surface area contributed by atoms with E-state index in [0.717, 1.165) is 12.1 Å². The van der Waals surface area contributed by atoms with E-state index >= 15 is 4.39 Å². The molecule has 0 amide bonds. The first kappa shape index (κ1) is 28.4. The summed E-state index contributed by atoms with van der Waals surface area (Å²) in [4.78, 5) is 0. The lowest BCUT2D eigenvalue weighted by Gasteiger charge is -2.21. The second-order valence-corrected chi connectivity index (χ2v) is 9.36. The second-order valence-electron chi connectivity index (χ2n) is 9.36. The van der Waals surface area contributed by atoms with E-state index in [0.29, 0.717) is 24.3 Å². The maximum atomic E-state index is 15.2. The summed E-state index contributed by atoms with van der Waals surface area (Å²) >= 11 is 0. The number of fused-ring (bicyclic) bond motifs is 4. The lowest BCUT2D eigenvalue weighted by molar-refractivity contribution is 0.386. The smallest absolute Gasteiger partial charge is 0.521 e. The standard InChI is InChI=1S/C29H10BF11O2/c31-14-3-1-2-10-8-12-21(19(10)14)26(39)27(40)28(41)29(12)43-30(13-4-5-16(33)23(36)22(13)35)42-18-7-6-15(32)20-11(18)9-17(34)24(37)25(20)38/h1-7,9H,8H2. The summed E-state index contributed by atoms with van der Waals surface area (Å²) in [6, 6.07) is 6.03. The Hall–Kier alpha value is -4.75. The Morgan fingerprint density at radius 2 is 1.23 bits per heavy atom. The molecule has 0 fully saturated rings. The van der Waals surface area contributed by atoms with Crippen molar-refractivity contribution in [1.82, 2.24) is 0 Å². The molecule has 0 aromatic heterocycles. The summed E-state index contributed by atoms with van der Waals surface area (Å²) in [5, 5.41) is -1.93. The van der Waals surface area contributed by atoms with Gasteiger partial charge >= 0.3 is 7.12 Å². The van der Waals surface area contributed by atoms with Crippen LogP contribution in [-0.2, 0) is 6.42 Å². The first-order chi connectivity index (χ1) is 20.4. The normalized spacial score (nSPS) is 12.0. The molecule has 0 unspecified atom stereocenters. The van der Waals surface area contributed by atoms with Gasteiger partial charge in [-0.1, -0.05) is 18.2 Å². The summed E-state index contributed by atoms with van der Waals surface area (Å²) < 4.78 is 170. The van der Waals surface area contributed by atoms with E-state index < -0.39 is 122 Å². The largest absolute Gasteiger partial charge is 0.635 e. The molecule has 5 aromatic carbocycles. The Bertz CT molecular complexity index is 2000. The zero-order chi connectivity index (χ0) is 30.9. The molecule has 0 radical (unpaired) electrons. The van der Waals surface area contributed by atoms with Crippen LogP contribution in [0.15, 0.2) is 48.5 Å². The maximum absolute atomic E-state index is 15.2. The average Bonchev–Trinajstić information content (AvgIpc) is 3.37. The lowest BCUT2D eigenvalue weighted by atomic mass is 9.77. The van der Waals surface area contributed by atoms with Crippen LogP contribution in [0.2, 0.25) is 0 Å². The summed E-state index contributed by atoms with van der Waals surface area (Å²) in [6.07, 6.45) is -0.436. The molecule has 0 atom stereocenters. The fraction of sp³-hybridized carbons (Fsp3) is 0.0345. The third-order valence-corrected chi connectivity index (χ3v) is 6.92. The molecule has 0 bridgehead atoms. The predicted octanol–water partition coefficient (Wildman–Crippen LogP) is 7.79. The fourth-order valence-electron chi connectivity index (χ4n) is 4.97. The summed E-state index contributed by atoms with van der Waals surface area (Å²) in [7, 11) is -2.48. The Morgan fingerprint density at radius 1 is 0.535 bits per heavy atom. The Kier molecular flexibility index (Phi) is 6.74. The number of benzene rings is 5. The number of hydrogen-bond acceptors (Lipinski definition) is 2. The van der Waals surface area contributed by atoms with Crippen LogP contribution in [-0.4, -0.2) is 7.12 Å². The van der Waals surface area contributed by atoms with E-state index in [1.54, 1.807) is 0 Å². The molecule has 1 aliphatic rings. The van der Waals surface area contributed by atoms with Crippen LogP contribution in [0.4, 0.5) is 48.3 Å². The number of rotatable bonds is 5. The lowest BCUT2D eigenvalue weighted by Crippen LogP contribution is -2.45. The highest BCUT2D eigenvalue weighted by Crippen LogP contribution is 2.46. The minimum Gasteiger partial charge on any atom is -0.521 e. The van der Waals surface area contributed by atoms with Gasteiger partial charge in [0, 0.05) is 28.5 Å². The van der Waals surface area contributed by atoms with Gasteiger partial charge in [0.2, 0.25) is 5.82 Å². The molecule has 0 spiro atoms. The van der Waals surface area contributed by atoms with Gasteiger partial charge in [0.05, 0.1) is 10.8 Å². The Morgan fingerprint density at radius 3 is 1.98 bits per heavy atom. The zero-order valence-corrected chi connectivity index (χ0v) is 20.9. The highest BCUT2D eigenvalue weighted by molar-refractivity contribution is 6.63. The summed E-state index contributed by atoms with van der Waals surface area (Å²) in [6.45, 7) is 0. The molecular formula is C29H10BF11O2. The molecule has 0 aliphatic heterocycles. The molecule has 0 heterocycles. The van der Waals surface area contributed by atoms with E-state index in [-0.39, 0.29) is 5.56 Å². The van der Waals surface area contributed by atoms with Crippen molar-refractivity contribution in [3.63, 3.8) is 0 Å². The van der Waals surface area contributed by atoms with Crippen LogP contribution in [0.3, 0.4) is 0 Å². The molecule has 0 N–H and O–H groups in total. The summed E-state index contributed by atoms with van der Waals surface area (Å²) in [5.41, 5.74) is -2.58. The minimum absolute atomic E-state index is 0.0812. The van der Waals surface area contributed by atoms with Crippen molar-refractivity contribution in [2.24, 2.45) is 0 Å². The topological polar surface area (TPSA) is 18.5 Å². The number of halogens is 11. The first-order valence-electron chi connectivity index (χ1n) is 12.1. The predicted molar refractivity (Wildman–Crippen MR) is 131 cm³/mol. The van der Waals surface area contributed by atoms with Crippen molar-refractivity contribution in [2.75, 3.05) is 0 Å². The van der Waals surface area contributed by atoms with Gasteiger partial charge in [0.1, 0.15) is 23.1 Å². The second kappa shape index (κ2) is 10.2. The van der Waals surface area contributed by atoms with Gasteiger partial charge in [0.15, 0.2) is 46.5 Å². The van der Waals surface area contributed by atoms with E-state index in [2.05, 4.69) is 0 Å². The quantitative estimate of drug-likeness (QED) is 0.113. The van der Waals surface area contributed by atoms with Gasteiger partial charge in [0.25, 0.3) is 0 Å². The third-order valence-electron chi connectivity index (χ3n) is 6.92. The van der Waals surface area contributed by atoms with Crippen LogP contribution in [0, 0.1) is 64.0 Å². The number of hydrogen-bond donors (Lipinski definition) is 0. The van der Waals surface area contributed by atoms with Crippen molar-refractivity contribution >= 4 is 23.4 Å². The third kappa shape index (κ3) is 4.34. The van der Waals surface area contributed by atoms with Crippen LogP contribution >= 0.6 is 0 Å². The molecular weight excluding hydrogens is 600 g/mol. The zero-order valence-electron chi connectivity index (χ0n) is 20.9. The van der Waals surface area contributed by atoms with E-state index in [1.165, 1.54) is 12.1 Å². The van der Waals surface area contributed by atoms with Gasteiger partial charge in [-0.15, -0.1) is 0 Å². The van der Waals surface area contributed by atoms with Crippen molar-refractivity contribution in [2.45, 2.75) is 6.42 Å². The maximum Gasteiger partial charge on any atom is 0.635 e. The molecule has 6 rings (SSSR count). The molecule has 43 heavy (non-hydrogen) atoms. The summed E-state index contributed by atoms with van der Waals surface area (Å²) in [5.74, 6) is -21.8. The Balaban J connectivity index is 1.56. The highest BCUT2D eigenvalue weighted by atomic mass is 19.2. The monoisotopic (exact) mass is 610 g/mol. The molecule has 0 saturated carbocycles. The van der Waals surface area contributed by atoms with Crippen LogP contribution in [0.1, 0.15) is 11.1 Å². The van der Waals surface area contributed by atoms with Crippen LogP contribution in [0.25, 0.3) is 21.9 Å². The van der Waals surface area contributed by atoms with Crippen LogP contribution < -0.4 is 14.8 Å². The molecule has 1 aliphatic carbocycles. The van der Waals surface area contributed by atoms with Crippen molar-refractivity contribution in [3.05, 3.63) is 124 Å². The van der Waals surface area contributed by atoms with E-state index in [9.17, 15) is 43.9 Å². The SMILES string of the molecule is Fc1ccc(B(Oc2c(F)c(F)c(F)c3c2Cc2cccc(F)c2-3)Oc2ccc(F)c3c(F)c(F)c(F)cc23)c(F)c1F. The molecule has 218 valence electrons. The van der Waals surface area contributed by atoms with Gasteiger partial charge in [-0.05, 0) is 35.9 Å². The van der Waals surface area contributed by atoms with Gasteiger partial charge in [-0.2, -0.15) is 4.39 Å². The average molecular weight is 610 g/mol. The Labute approximate surface area is 234 Å². The van der Waals surface area contributed by atoms with Crippen molar-refractivity contribution in [1.29, 1.82) is 0 Å². The fourth-order valence-corrected chi connectivity index (χ4v) is 4.97. The van der Waals surface area contributed by atoms with Gasteiger partial charge < -0.3 is 9.31 Å². The van der Waals surface area contributed by atoms with Crippen molar-refractivity contribution < 1.29 is 57.6 Å². The van der Waals surface area contributed by atoms with E-state index in [4.69, 9.17) is 9.31 Å². The van der Waals surface area contributed by atoms with E-state index in [1.807, 2.05) is 0 Å².